The van der Waals surface area contributed by atoms with Crippen molar-refractivity contribution in [2.75, 3.05) is 26.9 Å². The molecule has 3 heterocycles. The second-order valence-electron chi connectivity index (χ2n) is 8.55. The van der Waals surface area contributed by atoms with Crippen LogP contribution >= 0.6 is 0 Å². The molecule has 0 aromatic heterocycles. The van der Waals surface area contributed by atoms with Gasteiger partial charge in [-0.15, -0.1) is 0 Å². The molecule has 206 valence electrons. The first-order valence-electron chi connectivity index (χ1n) is 11.0. The molecule has 0 unspecified atom stereocenters. The highest BCUT2D eigenvalue weighted by Crippen LogP contribution is 2.32. The van der Waals surface area contributed by atoms with Gasteiger partial charge in [-0.05, 0) is 0 Å². The smallest absolute Gasteiger partial charge is 0.187 e. The molecule has 3 rings (SSSR count). The van der Waals surface area contributed by atoms with Gasteiger partial charge in [0.15, 0.2) is 18.9 Å². The largest absolute Gasteiger partial charge is 0.394 e. The standard InChI is InChI=1S/C19H34O16/c1-30-17-14(29)16(9(24)6(3-21)31-17)35-19-13(28)11(26)15(7(4-22)33-19)34-18-12(27)10(25)8(23)5(2-20)32-18/h5-29H,2-4H2,1H3/t5-,6-,7-,8-,9-,10+,11-,12-,13-,14-,15-,16+,17-,18+,19+/m1/s1. The van der Waals surface area contributed by atoms with E-state index >= 15 is 0 Å². The van der Waals surface area contributed by atoms with E-state index in [1.54, 1.807) is 0 Å². The molecule has 0 aromatic rings. The highest BCUT2D eigenvalue weighted by Gasteiger charge is 2.53. The quantitative estimate of drug-likeness (QED) is 0.143. The van der Waals surface area contributed by atoms with E-state index in [4.69, 9.17) is 28.4 Å². The minimum atomic E-state index is -1.89. The Labute approximate surface area is 199 Å². The summed E-state index contributed by atoms with van der Waals surface area (Å²) in [6, 6.07) is 0. The second-order valence-corrected chi connectivity index (χ2v) is 8.55. The first-order valence-corrected chi connectivity index (χ1v) is 11.0. The van der Waals surface area contributed by atoms with Gasteiger partial charge < -0.3 is 79.5 Å². The Morgan fingerprint density at radius 2 is 0.943 bits per heavy atom. The van der Waals surface area contributed by atoms with Crippen LogP contribution in [0.3, 0.4) is 0 Å². The first kappa shape index (κ1) is 28.9. The maximum Gasteiger partial charge on any atom is 0.187 e. The van der Waals surface area contributed by atoms with E-state index < -0.39 is 112 Å². The van der Waals surface area contributed by atoms with Gasteiger partial charge in [-0.1, -0.05) is 0 Å². The Balaban J connectivity index is 1.73. The van der Waals surface area contributed by atoms with E-state index in [1.807, 2.05) is 0 Å². The van der Waals surface area contributed by atoms with Crippen LogP contribution < -0.4 is 0 Å². The van der Waals surface area contributed by atoms with Gasteiger partial charge in [-0.2, -0.15) is 0 Å². The van der Waals surface area contributed by atoms with Gasteiger partial charge in [0.2, 0.25) is 0 Å². The molecule has 3 aliphatic rings. The van der Waals surface area contributed by atoms with Crippen molar-refractivity contribution in [3.8, 4) is 0 Å². The molecule has 0 aromatic carbocycles. The molecule has 10 N–H and O–H groups in total. The number of aliphatic hydroxyl groups excluding tert-OH is 10. The Morgan fingerprint density at radius 3 is 1.49 bits per heavy atom. The van der Waals surface area contributed by atoms with Gasteiger partial charge in [0.1, 0.15) is 73.2 Å². The number of aliphatic hydroxyl groups is 10. The van der Waals surface area contributed by atoms with Crippen molar-refractivity contribution in [2.45, 2.75) is 92.1 Å². The third-order valence-corrected chi connectivity index (χ3v) is 6.31. The van der Waals surface area contributed by atoms with Gasteiger partial charge in [-0.25, -0.2) is 0 Å². The summed E-state index contributed by atoms with van der Waals surface area (Å²) in [7, 11) is 1.20. The summed E-state index contributed by atoms with van der Waals surface area (Å²) in [6.07, 6.45) is -23.9. The van der Waals surface area contributed by atoms with Gasteiger partial charge in [0.25, 0.3) is 0 Å². The van der Waals surface area contributed by atoms with Crippen LogP contribution in [-0.4, -0.2) is 170 Å². The maximum absolute atomic E-state index is 10.7. The van der Waals surface area contributed by atoms with Crippen LogP contribution in [0.4, 0.5) is 0 Å². The topological polar surface area (TPSA) is 258 Å². The van der Waals surface area contributed by atoms with Crippen molar-refractivity contribution in [1.29, 1.82) is 0 Å². The van der Waals surface area contributed by atoms with Gasteiger partial charge in [0.05, 0.1) is 19.8 Å². The fourth-order valence-electron chi connectivity index (χ4n) is 4.23. The third kappa shape index (κ3) is 5.78. The molecule has 0 saturated carbocycles. The molecule has 0 bridgehead atoms. The second kappa shape index (κ2) is 12.3. The summed E-state index contributed by atoms with van der Waals surface area (Å²) in [4.78, 5) is 0. The van der Waals surface area contributed by atoms with Crippen LogP contribution in [0, 0.1) is 0 Å². The predicted octanol–water partition coefficient (Wildman–Crippen LogP) is -6.92. The summed E-state index contributed by atoms with van der Waals surface area (Å²) < 4.78 is 31.8. The van der Waals surface area contributed by atoms with E-state index in [-0.39, 0.29) is 0 Å². The van der Waals surface area contributed by atoms with Crippen LogP contribution in [0.15, 0.2) is 0 Å². The SMILES string of the molecule is CO[C@@H]1O[C@H](CO)[C@@H](O)[C@H](O[C@@H]2O[C@H](CO)[C@@H](O[C@@H]3O[C@H](CO)[C@@H](O)[C@H](O)[C@H]3O)[C@H](O)[C@H]2O)[C@H]1O. The Kier molecular flexibility index (Phi) is 10.1. The molecule has 35 heavy (non-hydrogen) atoms. The number of rotatable bonds is 8. The molecule has 3 saturated heterocycles. The zero-order valence-electron chi connectivity index (χ0n) is 18.7. The molecule has 15 atom stereocenters. The number of ether oxygens (including phenoxy) is 6. The molecule has 3 aliphatic heterocycles. The van der Waals surface area contributed by atoms with Crippen molar-refractivity contribution < 1.29 is 79.5 Å². The van der Waals surface area contributed by atoms with Gasteiger partial charge in [-0.3, -0.25) is 0 Å². The van der Waals surface area contributed by atoms with Crippen LogP contribution in [0.25, 0.3) is 0 Å². The number of hydrogen-bond acceptors (Lipinski definition) is 16. The Morgan fingerprint density at radius 1 is 0.486 bits per heavy atom. The lowest BCUT2D eigenvalue weighted by atomic mass is 9.96. The minimum absolute atomic E-state index is 0.654. The molecule has 16 nitrogen and oxygen atoms in total. The van der Waals surface area contributed by atoms with Crippen LogP contribution in [-0.2, 0) is 28.4 Å². The van der Waals surface area contributed by atoms with Crippen molar-refractivity contribution in [3.05, 3.63) is 0 Å². The Bertz CT molecular complexity index is 636. The summed E-state index contributed by atoms with van der Waals surface area (Å²) in [6.45, 7) is -2.19. The average Bonchev–Trinajstić information content (AvgIpc) is 2.85. The molecule has 3 fully saturated rings. The van der Waals surface area contributed by atoms with Crippen molar-refractivity contribution in [3.63, 3.8) is 0 Å². The zero-order valence-corrected chi connectivity index (χ0v) is 18.7. The maximum atomic E-state index is 10.7. The van der Waals surface area contributed by atoms with Crippen LogP contribution in [0.5, 0.6) is 0 Å². The van der Waals surface area contributed by atoms with E-state index in [2.05, 4.69) is 0 Å². The van der Waals surface area contributed by atoms with Crippen molar-refractivity contribution in [2.24, 2.45) is 0 Å². The van der Waals surface area contributed by atoms with E-state index in [1.165, 1.54) is 7.11 Å². The summed E-state index contributed by atoms with van der Waals surface area (Å²) in [5, 5.41) is 101. The van der Waals surface area contributed by atoms with Crippen LogP contribution in [0.1, 0.15) is 0 Å². The fourth-order valence-corrected chi connectivity index (χ4v) is 4.23. The number of methoxy groups -OCH3 is 1. The Hall–Kier alpha value is -0.640. The number of hydrogen-bond donors (Lipinski definition) is 10. The lowest BCUT2D eigenvalue weighted by molar-refractivity contribution is -0.379. The van der Waals surface area contributed by atoms with E-state index in [0.717, 1.165) is 0 Å². The normalized spacial score (nSPS) is 51.3. The molecule has 0 spiro atoms. The molecule has 0 aliphatic carbocycles. The van der Waals surface area contributed by atoms with E-state index in [9.17, 15) is 51.1 Å². The monoisotopic (exact) mass is 518 g/mol. The summed E-state index contributed by atoms with van der Waals surface area (Å²) >= 11 is 0. The van der Waals surface area contributed by atoms with Crippen molar-refractivity contribution in [1.82, 2.24) is 0 Å². The highest BCUT2D eigenvalue weighted by molar-refractivity contribution is 4.96. The minimum Gasteiger partial charge on any atom is -0.394 e. The lowest BCUT2D eigenvalue weighted by Crippen LogP contribution is -2.66. The summed E-state index contributed by atoms with van der Waals surface area (Å²) in [5.41, 5.74) is 0. The first-order chi connectivity index (χ1) is 16.6. The molecular formula is C19H34O16. The fraction of sp³-hybridized carbons (Fsp3) is 1.00. The predicted molar refractivity (Wildman–Crippen MR) is 106 cm³/mol. The molecule has 0 amide bonds. The summed E-state index contributed by atoms with van der Waals surface area (Å²) in [5.74, 6) is 0. The highest BCUT2D eigenvalue weighted by atomic mass is 16.8. The van der Waals surface area contributed by atoms with Crippen molar-refractivity contribution >= 4 is 0 Å². The molecule has 0 radical (unpaired) electrons. The average molecular weight is 518 g/mol. The van der Waals surface area contributed by atoms with Gasteiger partial charge >= 0.3 is 0 Å². The van der Waals surface area contributed by atoms with E-state index in [0.29, 0.717) is 0 Å². The van der Waals surface area contributed by atoms with Crippen LogP contribution in [0.2, 0.25) is 0 Å². The third-order valence-electron chi connectivity index (χ3n) is 6.31. The zero-order chi connectivity index (χ0) is 26.0. The lowest BCUT2D eigenvalue weighted by Gasteiger charge is -2.48. The molecular weight excluding hydrogens is 484 g/mol. The van der Waals surface area contributed by atoms with Gasteiger partial charge in [0, 0.05) is 7.11 Å². The molecule has 16 heteroatoms.